The van der Waals surface area contributed by atoms with E-state index in [1.54, 1.807) is 0 Å². The normalized spacial score (nSPS) is 2.57. The third-order valence-electron chi connectivity index (χ3n) is 0. The maximum absolute atomic E-state index is 4.85. The Balaban J connectivity index is -0.00000000333. The van der Waals surface area contributed by atoms with Crippen LogP contribution in [0.5, 0.6) is 0 Å². The van der Waals surface area contributed by atoms with Crippen molar-refractivity contribution >= 4 is 45.6 Å². The molecule has 0 spiro atoms. The highest BCUT2D eigenvalue weighted by atomic mass is 35.5. The monoisotopic (exact) mass is 164 g/mol. The summed E-state index contributed by atoms with van der Waals surface area (Å²) in [4.78, 5) is 0. The van der Waals surface area contributed by atoms with Gasteiger partial charge in [-0.05, 0) is 6.54 Å². The highest BCUT2D eigenvalue weighted by Gasteiger charge is 1.32. The van der Waals surface area contributed by atoms with Crippen molar-refractivity contribution in [1.82, 2.24) is 0 Å². The van der Waals surface area contributed by atoms with Crippen LogP contribution in [0.25, 0.3) is 0 Å². The van der Waals surface area contributed by atoms with Gasteiger partial charge < -0.3 is 5.73 Å². The summed E-state index contributed by atoms with van der Waals surface area (Å²) in [5.74, 6) is 0. The predicted octanol–water partition coefficient (Wildman–Crippen LogP) is 0.850. The van der Waals surface area contributed by atoms with Crippen LogP contribution in [0.3, 0.4) is 0 Å². The maximum atomic E-state index is 4.85. The number of hydrogen-bond donors (Lipinski definition) is 1. The van der Waals surface area contributed by atoms with Crippen LogP contribution in [-0.2, 0) is 0 Å². The van der Waals surface area contributed by atoms with E-state index in [2.05, 4.69) is 0 Å². The van der Waals surface area contributed by atoms with E-state index in [0.29, 0.717) is 0 Å². The van der Waals surface area contributed by atoms with Gasteiger partial charge in [0.1, 0.15) is 0 Å². The van der Waals surface area contributed by atoms with Gasteiger partial charge in [-0.15, -0.1) is 37.2 Å². The van der Waals surface area contributed by atoms with Crippen molar-refractivity contribution in [2.75, 3.05) is 6.54 Å². The minimum atomic E-state index is 0. The standard InChI is InChI=1S/C2H7N.B.3ClH/c1-2-3;;;;/h2-3H2,1H3;;3*1H. The first-order valence-corrected chi connectivity index (χ1v) is 1.12. The molecule has 0 atom stereocenters. The molecule has 0 bridgehead atoms. The minimum absolute atomic E-state index is 0. The van der Waals surface area contributed by atoms with Gasteiger partial charge in [0, 0.05) is 8.41 Å². The molecule has 0 rings (SSSR count). The third-order valence-corrected chi connectivity index (χ3v) is 0. The van der Waals surface area contributed by atoms with E-state index >= 15 is 0 Å². The predicted molar refractivity (Wildman–Crippen MR) is 42.2 cm³/mol. The number of rotatable bonds is 0. The molecule has 7 heavy (non-hydrogen) atoms. The van der Waals surface area contributed by atoms with Gasteiger partial charge in [-0.2, -0.15) is 0 Å². The largest absolute Gasteiger partial charge is 0.331 e. The fourth-order valence-corrected chi connectivity index (χ4v) is 0. The molecule has 0 aliphatic carbocycles. The molecule has 0 aromatic carbocycles. The molecular weight excluding hydrogens is 155 g/mol. The molecule has 0 aliphatic rings. The smallest absolute Gasteiger partial charge is 0 e. The summed E-state index contributed by atoms with van der Waals surface area (Å²) < 4.78 is 0. The lowest BCUT2D eigenvalue weighted by Crippen LogP contribution is -1.87. The Morgan fingerprint density at radius 3 is 1.14 bits per heavy atom. The van der Waals surface area contributed by atoms with Crippen molar-refractivity contribution in [3.8, 4) is 0 Å². The Morgan fingerprint density at radius 1 is 1.14 bits per heavy atom. The molecule has 5 heteroatoms. The molecule has 0 aromatic rings. The van der Waals surface area contributed by atoms with Crippen molar-refractivity contribution in [3.63, 3.8) is 0 Å². The van der Waals surface area contributed by atoms with Crippen LogP contribution in [0, 0.1) is 0 Å². The lowest BCUT2D eigenvalue weighted by Gasteiger charge is -1.53. The molecule has 0 saturated heterocycles. The topological polar surface area (TPSA) is 26.0 Å². The van der Waals surface area contributed by atoms with Crippen LogP contribution in [-0.4, -0.2) is 15.0 Å². The second-order valence-electron chi connectivity index (χ2n) is 0.408. The lowest BCUT2D eigenvalue weighted by molar-refractivity contribution is 1.14. The Labute approximate surface area is 65.2 Å². The molecule has 3 radical (unpaired) electrons. The van der Waals surface area contributed by atoms with Gasteiger partial charge in [-0.3, -0.25) is 0 Å². The zero-order chi connectivity index (χ0) is 2.71. The maximum Gasteiger partial charge on any atom is 0 e. The van der Waals surface area contributed by atoms with Crippen molar-refractivity contribution in [1.29, 1.82) is 0 Å². The molecule has 0 saturated carbocycles. The third kappa shape index (κ3) is 206. The van der Waals surface area contributed by atoms with E-state index in [-0.39, 0.29) is 45.6 Å². The molecule has 0 heterocycles. The molecule has 2 N–H and O–H groups in total. The second kappa shape index (κ2) is 66.7. The molecule has 0 amide bonds. The van der Waals surface area contributed by atoms with E-state index in [9.17, 15) is 0 Å². The van der Waals surface area contributed by atoms with E-state index in [0.717, 1.165) is 6.54 Å². The fourth-order valence-electron chi connectivity index (χ4n) is 0. The Kier molecular flexibility index (Phi) is 427. The highest BCUT2D eigenvalue weighted by molar-refractivity contribution is 5.86. The molecular formula is C2H10BCl3N. The molecule has 0 aliphatic heterocycles. The van der Waals surface area contributed by atoms with Crippen molar-refractivity contribution in [2.45, 2.75) is 6.92 Å². The van der Waals surface area contributed by atoms with Crippen LogP contribution in [0.15, 0.2) is 0 Å². The molecule has 0 aromatic heterocycles. The van der Waals surface area contributed by atoms with Crippen LogP contribution >= 0.6 is 37.2 Å². The van der Waals surface area contributed by atoms with Crippen molar-refractivity contribution in [3.05, 3.63) is 0 Å². The van der Waals surface area contributed by atoms with E-state index < -0.39 is 0 Å². The van der Waals surface area contributed by atoms with Gasteiger partial charge >= 0.3 is 0 Å². The van der Waals surface area contributed by atoms with Gasteiger partial charge in [0.2, 0.25) is 0 Å². The zero-order valence-electron chi connectivity index (χ0n) is 4.09. The summed E-state index contributed by atoms with van der Waals surface area (Å²) in [6, 6.07) is 0. The van der Waals surface area contributed by atoms with Gasteiger partial charge in [0.25, 0.3) is 0 Å². The molecule has 0 unspecified atom stereocenters. The first-order valence-electron chi connectivity index (χ1n) is 1.12. The Hall–Kier alpha value is 0.895. The van der Waals surface area contributed by atoms with E-state index in [1.807, 2.05) is 6.92 Å². The summed E-state index contributed by atoms with van der Waals surface area (Å²) in [6.07, 6.45) is 0. The van der Waals surface area contributed by atoms with Crippen LogP contribution in [0.2, 0.25) is 0 Å². The van der Waals surface area contributed by atoms with Gasteiger partial charge in [-0.1, -0.05) is 6.92 Å². The average molecular weight is 165 g/mol. The summed E-state index contributed by atoms with van der Waals surface area (Å²) in [7, 11) is 0. The summed E-state index contributed by atoms with van der Waals surface area (Å²) in [6.45, 7) is 2.65. The van der Waals surface area contributed by atoms with Gasteiger partial charge in [-0.25, -0.2) is 0 Å². The first-order chi connectivity index (χ1) is 1.41. The fraction of sp³-hybridized carbons (Fsp3) is 1.00. The van der Waals surface area contributed by atoms with Crippen LogP contribution in [0.4, 0.5) is 0 Å². The van der Waals surface area contributed by atoms with E-state index in [4.69, 9.17) is 5.73 Å². The average Bonchev–Trinajstić information content (AvgIpc) is 0.918. The van der Waals surface area contributed by atoms with Crippen LogP contribution < -0.4 is 5.73 Å². The van der Waals surface area contributed by atoms with Crippen molar-refractivity contribution in [2.24, 2.45) is 5.73 Å². The summed E-state index contributed by atoms with van der Waals surface area (Å²) in [5.41, 5.74) is 4.85. The van der Waals surface area contributed by atoms with Gasteiger partial charge in [0.05, 0.1) is 0 Å². The first kappa shape index (κ1) is 44.8. The number of halogens is 3. The Morgan fingerprint density at radius 2 is 1.14 bits per heavy atom. The zero-order valence-corrected chi connectivity index (χ0v) is 6.54. The van der Waals surface area contributed by atoms with Gasteiger partial charge in [0.15, 0.2) is 0 Å². The molecule has 0 fully saturated rings. The minimum Gasteiger partial charge on any atom is -0.331 e. The highest BCUT2D eigenvalue weighted by Crippen LogP contribution is 1.20. The summed E-state index contributed by atoms with van der Waals surface area (Å²) in [5, 5.41) is 0. The van der Waals surface area contributed by atoms with E-state index in [1.165, 1.54) is 0 Å². The quantitative estimate of drug-likeness (QED) is 0.529. The molecule has 1 nitrogen and oxygen atoms in total. The second-order valence-corrected chi connectivity index (χ2v) is 0.408. The van der Waals surface area contributed by atoms with Crippen molar-refractivity contribution < 1.29 is 0 Å². The number of hydrogen-bond acceptors (Lipinski definition) is 1. The molecule has 47 valence electrons. The SMILES string of the molecule is CCN.Cl.Cl.Cl.[B]. The Bertz CT molecular complexity index is 12.9. The lowest BCUT2D eigenvalue weighted by atomic mass is 10.8. The summed E-state index contributed by atoms with van der Waals surface area (Å²) >= 11 is 0. The number of nitrogens with two attached hydrogens (primary N) is 1. The van der Waals surface area contributed by atoms with Crippen LogP contribution in [0.1, 0.15) is 6.92 Å².